The number of likely N-dealkylation sites (N-methyl/N-ethyl adjacent to an activating group) is 1. The van der Waals surface area contributed by atoms with Crippen LogP contribution in [0.25, 0.3) is 10.9 Å². The number of pyridine rings is 1. The van der Waals surface area contributed by atoms with E-state index in [1.807, 2.05) is 20.0 Å². The Kier molecular flexibility index (Phi) is 3.86. The number of benzene rings is 1. The summed E-state index contributed by atoms with van der Waals surface area (Å²) in [6.45, 7) is 8.61. The first-order chi connectivity index (χ1) is 9.04. The smallest absolute Gasteiger partial charge is 0.134 e. The minimum absolute atomic E-state index is 0.0420. The molecule has 2 N–H and O–H groups in total. The molecule has 19 heavy (non-hydrogen) atoms. The van der Waals surface area contributed by atoms with E-state index in [0.717, 1.165) is 28.8 Å². The molecule has 0 aliphatic rings. The molecule has 0 radical (unpaired) electrons. The van der Waals surface area contributed by atoms with Gasteiger partial charge in [-0.15, -0.1) is 6.58 Å². The van der Waals surface area contributed by atoms with Crippen molar-refractivity contribution < 1.29 is 0 Å². The quantitative estimate of drug-likeness (QED) is 0.853. The largest absolute Gasteiger partial charge is 0.356 e. The lowest BCUT2D eigenvalue weighted by Gasteiger charge is -2.22. The maximum Gasteiger partial charge on any atom is 0.134 e. The fourth-order valence-electron chi connectivity index (χ4n) is 2.27. The third-order valence-corrected chi connectivity index (χ3v) is 3.31. The summed E-state index contributed by atoms with van der Waals surface area (Å²) in [6.07, 6.45) is 1.87. The second-order valence-corrected chi connectivity index (χ2v) is 5.01. The first kappa shape index (κ1) is 13.6. The van der Waals surface area contributed by atoms with Crippen LogP contribution in [0.4, 0.5) is 5.82 Å². The van der Waals surface area contributed by atoms with Gasteiger partial charge < -0.3 is 10.6 Å². The van der Waals surface area contributed by atoms with E-state index in [4.69, 9.17) is 10.7 Å². The van der Waals surface area contributed by atoms with Crippen LogP contribution in [0.15, 0.2) is 36.9 Å². The van der Waals surface area contributed by atoms with E-state index in [9.17, 15) is 0 Å². The molecule has 0 spiro atoms. The molecule has 1 atom stereocenters. The van der Waals surface area contributed by atoms with Gasteiger partial charge in [-0.1, -0.05) is 24.3 Å². The van der Waals surface area contributed by atoms with E-state index in [0.29, 0.717) is 0 Å². The molecule has 1 heterocycles. The highest BCUT2D eigenvalue weighted by Gasteiger charge is 2.14. The van der Waals surface area contributed by atoms with Crippen molar-refractivity contribution in [3.05, 3.63) is 48.0 Å². The van der Waals surface area contributed by atoms with Gasteiger partial charge in [0, 0.05) is 30.6 Å². The van der Waals surface area contributed by atoms with Crippen LogP contribution in [0.2, 0.25) is 0 Å². The summed E-state index contributed by atoms with van der Waals surface area (Å²) in [4.78, 5) is 6.89. The number of hydrogen-bond donors (Lipinski definition) is 1. The highest BCUT2D eigenvalue weighted by Crippen LogP contribution is 2.28. The molecule has 0 aliphatic carbocycles. The zero-order valence-corrected chi connectivity index (χ0v) is 11.9. The minimum Gasteiger partial charge on any atom is -0.356 e. The van der Waals surface area contributed by atoms with Crippen LogP contribution in [0.1, 0.15) is 24.1 Å². The first-order valence-corrected chi connectivity index (χ1v) is 6.52. The van der Waals surface area contributed by atoms with Gasteiger partial charge in [0.05, 0.1) is 5.52 Å². The van der Waals surface area contributed by atoms with E-state index in [1.54, 1.807) is 0 Å². The highest BCUT2D eigenvalue weighted by atomic mass is 15.2. The van der Waals surface area contributed by atoms with E-state index in [1.165, 1.54) is 5.56 Å². The Bertz CT molecular complexity index is 602. The van der Waals surface area contributed by atoms with Crippen molar-refractivity contribution >= 4 is 16.7 Å². The molecule has 3 nitrogen and oxygen atoms in total. The molecule has 0 bridgehead atoms. The number of nitrogens with zero attached hydrogens (tertiary/aromatic N) is 2. The van der Waals surface area contributed by atoms with Crippen molar-refractivity contribution in [1.29, 1.82) is 0 Å². The van der Waals surface area contributed by atoms with Crippen LogP contribution < -0.4 is 10.6 Å². The Balaban J connectivity index is 2.68. The molecule has 3 heteroatoms. The zero-order valence-electron chi connectivity index (χ0n) is 11.9. The molecule has 0 fully saturated rings. The number of rotatable bonds is 4. The Hall–Kier alpha value is -1.87. The van der Waals surface area contributed by atoms with Crippen molar-refractivity contribution in [1.82, 2.24) is 4.98 Å². The Morgan fingerprint density at radius 2 is 2.21 bits per heavy atom. The van der Waals surface area contributed by atoms with Crippen LogP contribution in [0.5, 0.6) is 0 Å². The maximum atomic E-state index is 6.09. The fraction of sp³-hybridized carbons (Fsp3) is 0.312. The highest BCUT2D eigenvalue weighted by molar-refractivity contribution is 5.84. The molecule has 0 amide bonds. The van der Waals surface area contributed by atoms with Gasteiger partial charge in [-0.3, -0.25) is 0 Å². The van der Waals surface area contributed by atoms with Crippen LogP contribution in [-0.2, 0) is 0 Å². The lowest BCUT2D eigenvalue weighted by molar-refractivity contribution is 0.803. The molecule has 1 aromatic heterocycles. The monoisotopic (exact) mass is 255 g/mol. The summed E-state index contributed by atoms with van der Waals surface area (Å²) in [7, 11) is 2.01. The average Bonchev–Trinajstić information content (AvgIpc) is 2.38. The SMILES string of the molecule is C=CCN(C)c1nc2c(C)cccc2cc1C(C)N. The van der Waals surface area contributed by atoms with Crippen LogP contribution in [0, 0.1) is 6.92 Å². The molecule has 1 unspecified atom stereocenters. The van der Waals surface area contributed by atoms with E-state index >= 15 is 0 Å². The third kappa shape index (κ3) is 2.61. The maximum absolute atomic E-state index is 6.09. The van der Waals surface area contributed by atoms with Crippen molar-refractivity contribution in [3.63, 3.8) is 0 Å². The van der Waals surface area contributed by atoms with E-state index < -0.39 is 0 Å². The lowest BCUT2D eigenvalue weighted by atomic mass is 10.0. The lowest BCUT2D eigenvalue weighted by Crippen LogP contribution is -2.22. The van der Waals surface area contributed by atoms with Gasteiger partial charge in [0.2, 0.25) is 0 Å². The molecule has 2 aromatic rings. The topological polar surface area (TPSA) is 42.2 Å². The van der Waals surface area contributed by atoms with Crippen LogP contribution >= 0.6 is 0 Å². The number of hydrogen-bond acceptors (Lipinski definition) is 3. The van der Waals surface area contributed by atoms with Gasteiger partial charge in [-0.05, 0) is 25.5 Å². The third-order valence-electron chi connectivity index (χ3n) is 3.31. The molecular weight excluding hydrogens is 234 g/mol. The standard InChI is InChI=1S/C16H21N3/c1-5-9-19(4)16-14(12(3)17)10-13-8-6-7-11(2)15(13)18-16/h5-8,10,12H,1,9,17H2,2-4H3. The van der Waals surface area contributed by atoms with Crippen molar-refractivity contribution in [2.45, 2.75) is 19.9 Å². The summed E-state index contributed by atoms with van der Waals surface area (Å²) < 4.78 is 0. The second-order valence-electron chi connectivity index (χ2n) is 5.01. The van der Waals surface area contributed by atoms with Gasteiger partial charge in [0.1, 0.15) is 5.82 Å². The average molecular weight is 255 g/mol. The number of aromatic nitrogens is 1. The van der Waals surface area contributed by atoms with Gasteiger partial charge in [-0.25, -0.2) is 4.98 Å². The Labute approximate surface area is 114 Å². The zero-order chi connectivity index (χ0) is 14.0. The summed E-state index contributed by atoms with van der Waals surface area (Å²) >= 11 is 0. The molecule has 1 aromatic carbocycles. The number of aryl methyl sites for hydroxylation is 1. The molecule has 100 valence electrons. The second kappa shape index (κ2) is 5.41. The van der Waals surface area contributed by atoms with E-state index in [2.05, 4.69) is 42.7 Å². The number of nitrogens with two attached hydrogens (primary N) is 1. The summed E-state index contributed by atoms with van der Waals surface area (Å²) in [5, 5.41) is 1.14. The summed E-state index contributed by atoms with van der Waals surface area (Å²) in [5.74, 6) is 0.941. The van der Waals surface area contributed by atoms with Gasteiger partial charge in [0.15, 0.2) is 0 Å². The Morgan fingerprint density at radius 3 is 2.84 bits per heavy atom. The predicted octanol–water partition coefficient (Wildman–Crippen LogP) is 3.19. The minimum atomic E-state index is -0.0420. The van der Waals surface area contributed by atoms with Crippen molar-refractivity contribution in [3.8, 4) is 0 Å². The Morgan fingerprint density at radius 1 is 1.47 bits per heavy atom. The summed E-state index contributed by atoms with van der Waals surface area (Å²) in [6, 6.07) is 8.32. The molecule has 2 rings (SSSR count). The van der Waals surface area contributed by atoms with Gasteiger partial charge >= 0.3 is 0 Å². The van der Waals surface area contributed by atoms with Crippen LogP contribution in [-0.4, -0.2) is 18.6 Å². The number of fused-ring (bicyclic) bond motifs is 1. The molecule has 0 saturated carbocycles. The number of anilines is 1. The van der Waals surface area contributed by atoms with Crippen molar-refractivity contribution in [2.75, 3.05) is 18.5 Å². The molecular formula is C16H21N3. The van der Waals surface area contributed by atoms with Gasteiger partial charge in [-0.2, -0.15) is 0 Å². The van der Waals surface area contributed by atoms with Gasteiger partial charge in [0.25, 0.3) is 0 Å². The fourth-order valence-corrected chi connectivity index (χ4v) is 2.27. The molecule has 0 aliphatic heterocycles. The molecule has 0 saturated heterocycles. The summed E-state index contributed by atoms with van der Waals surface area (Å²) in [5.41, 5.74) is 9.38. The first-order valence-electron chi connectivity index (χ1n) is 6.52. The van der Waals surface area contributed by atoms with E-state index in [-0.39, 0.29) is 6.04 Å². The number of para-hydroxylation sites is 1. The van der Waals surface area contributed by atoms with Crippen molar-refractivity contribution in [2.24, 2.45) is 5.73 Å². The predicted molar refractivity (Wildman–Crippen MR) is 82.5 cm³/mol. The van der Waals surface area contributed by atoms with Crippen LogP contribution in [0.3, 0.4) is 0 Å². The normalized spacial score (nSPS) is 12.4.